The van der Waals surface area contributed by atoms with E-state index in [4.69, 9.17) is 4.52 Å². The first-order chi connectivity index (χ1) is 16.1. The zero-order valence-electron chi connectivity index (χ0n) is 18.6. The highest BCUT2D eigenvalue weighted by molar-refractivity contribution is 7.13. The molecule has 1 fully saturated rings. The third kappa shape index (κ3) is 6.39. The molecule has 1 aromatic carbocycles. The van der Waals surface area contributed by atoms with Crippen LogP contribution in [0.4, 0.5) is 4.79 Å². The van der Waals surface area contributed by atoms with E-state index in [9.17, 15) is 9.59 Å². The number of urea groups is 1. The van der Waals surface area contributed by atoms with Crippen molar-refractivity contribution in [1.29, 1.82) is 0 Å². The Morgan fingerprint density at radius 2 is 1.91 bits per heavy atom. The average molecular weight is 469 g/mol. The van der Waals surface area contributed by atoms with Gasteiger partial charge in [0, 0.05) is 52.7 Å². The molecule has 3 heterocycles. The Bertz CT molecular complexity index is 1030. The van der Waals surface area contributed by atoms with Crippen molar-refractivity contribution in [3.63, 3.8) is 0 Å². The third-order valence-corrected chi connectivity index (χ3v) is 6.38. The maximum Gasteiger partial charge on any atom is 0.317 e. The van der Waals surface area contributed by atoms with Gasteiger partial charge in [0.1, 0.15) is 0 Å². The van der Waals surface area contributed by atoms with E-state index in [0.717, 1.165) is 23.5 Å². The summed E-state index contributed by atoms with van der Waals surface area (Å²) in [7, 11) is 1.75. The molecule has 1 saturated heterocycles. The molecule has 3 aromatic rings. The van der Waals surface area contributed by atoms with Crippen LogP contribution in [-0.2, 0) is 17.9 Å². The zero-order chi connectivity index (χ0) is 23.0. The molecule has 174 valence electrons. The maximum absolute atomic E-state index is 12.5. The monoisotopic (exact) mass is 468 g/mol. The molecule has 0 atom stereocenters. The predicted molar refractivity (Wildman–Crippen MR) is 125 cm³/mol. The first kappa shape index (κ1) is 22.9. The summed E-state index contributed by atoms with van der Waals surface area (Å²) in [5.74, 6) is 1.25. The highest BCUT2D eigenvalue weighted by Gasteiger charge is 2.23. The Morgan fingerprint density at radius 1 is 1.12 bits per heavy atom. The van der Waals surface area contributed by atoms with Crippen molar-refractivity contribution in [2.45, 2.75) is 19.5 Å². The lowest BCUT2D eigenvalue weighted by molar-refractivity contribution is -0.132. The smallest absolute Gasteiger partial charge is 0.317 e. The minimum absolute atomic E-state index is 0.0541. The van der Waals surface area contributed by atoms with Crippen LogP contribution >= 0.6 is 11.3 Å². The van der Waals surface area contributed by atoms with Crippen LogP contribution in [0.5, 0.6) is 0 Å². The molecule has 0 spiro atoms. The number of piperazine rings is 1. The SMILES string of the molecule is CN(Cc1ccccc1)C(=O)NCCC(=O)N1CCN(Cc2nc(-c3cccs3)no2)CC1. The maximum atomic E-state index is 12.5. The minimum atomic E-state index is -0.182. The first-order valence-electron chi connectivity index (χ1n) is 11.0. The fraction of sp³-hybridized carbons (Fsp3) is 0.391. The molecule has 0 aliphatic carbocycles. The summed E-state index contributed by atoms with van der Waals surface area (Å²) >= 11 is 1.58. The summed E-state index contributed by atoms with van der Waals surface area (Å²) in [6, 6.07) is 13.5. The molecule has 1 aliphatic rings. The van der Waals surface area contributed by atoms with E-state index in [1.165, 1.54) is 0 Å². The van der Waals surface area contributed by atoms with Crippen LogP contribution in [0.3, 0.4) is 0 Å². The van der Waals surface area contributed by atoms with E-state index in [2.05, 4.69) is 20.4 Å². The van der Waals surface area contributed by atoms with Gasteiger partial charge >= 0.3 is 6.03 Å². The molecule has 0 radical (unpaired) electrons. The van der Waals surface area contributed by atoms with Gasteiger partial charge in [0.25, 0.3) is 0 Å². The van der Waals surface area contributed by atoms with Gasteiger partial charge in [-0.3, -0.25) is 9.69 Å². The number of carbonyl (C=O) groups excluding carboxylic acids is 2. The standard InChI is InChI=1S/C23H28N6O3S/c1-27(16-18-6-3-2-4-7-18)23(31)24-10-9-21(30)29-13-11-28(12-14-29)17-20-25-22(26-32-20)19-8-5-15-33-19/h2-8,15H,9-14,16-17H2,1H3,(H,24,31). The molecule has 0 saturated carbocycles. The van der Waals surface area contributed by atoms with Crippen LogP contribution in [0.1, 0.15) is 17.9 Å². The number of amides is 3. The number of rotatable bonds is 8. The van der Waals surface area contributed by atoms with Crippen molar-refractivity contribution < 1.29 is 14.1 Å². The van der Waals surface area contributed by atoms with E-state index in [0.29, 0.717) is 50.9 Å². The lowest BCUT2D eigenvalue weighted by Gasteiger charge is -2.34. The van der Waals surface area contributed by atoms with Gasteiger partial charge in [-0.05, 0) is 17.0 Å². The van der Waals surface area contributed by atoms with Crippen molar-refractivity contribution in [2.75, 3.05) is 39.8 Å². The highest BCUT2D eigenvalue weighted by Crippen LogP contribution is 2.21. The summed E-state index contributed by atoms with van der Waals surface area (Å²) in [5.41, 5.74) is 1.06. The van der Waals surface area contributed by atoms with Gasteiger partial charge in [-0.25, -0.2) is 4.79 Å². The number of nitrogens with one attached hydrogen (secondary N) is 1. The molecule has 3 amide bonds. The fourth-order valence-corrected chi connectivity index (χ4v) is 4.32. The van der Waals surface area contributed by atoms with Crippen LogP contribution in [0.25, 0.3) is 10.7 Å². The Hall–Kier alpha value is -3.24. The topological polar surface area (TPSA) is 94.8 Å². The summed E-state index contributed by atoms with van der Waals surface area (Å²) < 4.78 is 5.38. The van der Waals surface area contributed by atoms with Crippen LogP contribution in [0.2, 0.25) is 0 Å². The molecule has 0 unspecified atom stereocenters. The van der Waals surface area contributed by atoms with Crippen molar-refractivity contribution in [3.8, 4) is 10.7 Å². The van der Waals surface area contributed by atoms with E-state index in [-0.39, 0.29) is 11.9 Å². The van der Waals surface area contributed by atoms with Gasteiger partial charge in [-0.2, -0.15) is 4.98 Å². The van der Waals surface area contributed by atoms with Crippen LogP contribution in [-0.4, -0.2) is 76.6 Å². The lowest BCUT2D eigenvalue weighted by atomic mass is 10.2. The van der Waals surface area contributed by atoms with Crippen LogP contribution in [0, 0.1) is 0 Å². The van der Waals surface area contributed by atoms with Gasteiger partial charge in [0.15, 0.2) is 0 Å². The molecule has 0 bridgehead atoms. The predicted octanol–water partition coefficient (Wildman–Crippen LogP) is 2.67. The summed E-state index contributed by atoms with van der Waals surface area (Å²) in [6.45, 7) is 4.20. The second-order valence-corrected chi connectivity index (χ2v) is 8.92. The van der Waals surface area contributed by atoms with E-state index < -0.39 is 0 Å². The van der Waals surface area contributed by atoms with Crippen molar-refractivity contribution in [2.24, 2.45) is 0 Å². The number of hydrogen-bond donors (Lipinski definition) is 1. The largest absolute Gasteiger partial charge is 0.340 e. The van der Waals surface area contributed by atoms with Gasteiger partial charge in [0.05, 0.1) is 11.4 Å². The number of hydrogen-bond acceptors (Lipinski definition) is 7. The number of nitrogens with zero attached hydrogens (tertiary/aromatic N) is 5. The van der Waals surface area contributed by atoms with E-state index in [1.807, 2.05) is 52.7 Å². The third-order valence-electron chi connectivity index (χ3n) is 5.52. The summed E-state index contributed by atoms with van der Waals surface area (Å²) in [5, 5.41) is 8.86. The number of benzene rings is 1. The molecular formula is C23H28N6O3S. The first-order valence-corrected chi connectivity index (χ1v) is 11.9. The minimum Gasteiger partial charge on any atom is -0.340 e. The molecule has 33 heavy (non-hydrogen) atoms. The van der Waals surface area contributed by atoms with Crippen molar-refractivity contribution >= 4 is 23.3 Å². The second kappa shape index (κ2) is 11.1. The Kier molecular flexibility index (Phi) is 7.69. The van der Waals surface area contributed by atoms with Crippen molar-refractivity contribution in [1.82, 2.24) is 30.2 Å². The van der Waals surface area contributed by atoms with Gasteiger partial charge in [-0.1, -0.05) is 41.6 Å². The molecule has 4 rings (SSSR count). The number of aromatic nitrogens is 2. The van der Waals surface area contributed by atoms with Crippen molar-refractivity contribution in [3.05, 3.63) is 59.3 Å². The normalized spacial score (nSPS) is 14.3. The molecule has 2 aromatic heterocycles. The average Bonchev–Trinajstić information content (AvgIpc) is 3.52. The lowest BCUT2D eigenvalue weighted by Crippen LogP contribution is -2.49. The Morgan fingerprint density at radius 3 is 2.64 bits per heavy atom. The van der Waals surface area contributed by atoms with Gasteiger partial charge < -0.3 is 19.6 Å². The number of carbonyl (C=O) groups is 2. The molecule has 9 nitrogen and oxygen atoms in total. The van der Waals surface area contributed by atoms with Gasteiger partial charge in [0.2, 0.25) is 17.6 Å². The molecule has 1 N–H and O–H groups in total. The van der Waals surface area contributed by atoms with Gasteiger partial charge in [-0.15, -0.1) is 11.3 Å². The highest BCUT2D eigenvalue weighted by atomic mass is 32.1. The second-order valence-electron chi connectivity index (χ2n) is 7.97. The summed E-state index contributed by atoms with van der Waals surface area (Å²) in [4.78, 5) is 35.9. The Labute approximate surface area is 197 Å². The Balaban J connectivity index is 1.14. The van der Waals surface area contributed by atoms with E-state index in [1.54, 1.807) is 23.3 Å². The molecular weight excluding hydrogens is 440 g/mol. The van der Waals surface area contributed by atoms with Crippen LogP contribution in [0.15, 0.2) is 52.4 Å². The quantitative estimate of drug-likeness (QED) is 0.546. The zero-order valence-corrected chi connectivity index (χ0v) is 19.5. The summed E-state index contributed by atoms with van der Waals surface area (Å²) in [6.07, 6.45) is 0.290. The molecule has 1 aliphatic heterocycles. The fourth-order valence-electron chi connectivity index (χ4n) is 3.67. The molecule has 10 heteroatoms. The van der Waals surface area contributed by atoms with Crippen LogP contribution < -0.4 is 5.32 Å². The van der Waals surface area contributed by atoms with E-state index >= 15 is 0 Å². The number of thiophene rings is 1.